The molecule has 0 radical (unpaired) electrons. The molecule has 2 heteroatoms. The summed E-state index contributed by atoms with van der Waals surface area (Å²) >= 11 is 1.70. The van der Waals surface area contributed by atoms with Crippen molar-refractivity contribution >= 4 is 21.6 Å². The highest BCUT2D eigenvalue weighted by Gasteiger charge is 2.08. The van der Waals surface area contributed by atoms with E-state index in [1.165, 1.54) is 28.5 Å². The zero-order chi connectivity index (χ0) is 14.1. The molecule has 1 unspecified atom stereocenters. The topological polar surface area (TPSA) is 12.9 Å². The fraction of sp³-hybridized carbons (Fsp3) is 0.278. The molecule has 3 aromatic rings. The lowest BCUT2D eigenvalue weighted by molar-refractivity contribution is 0.733. The fourth-order valence-corrected chi connectivity index (χ4v) is 3.25. The lowest BCUT2D eigenvalue weighted by Gasteiger charge is -2.12. The van der Waals surface area contributed by atoms with Crippen molar-refractivity contribution in [2.75, 3.05) is 0 Å². The Morgan fingerprint density at radius 1 is 1.15 bits per heavy atom. The zero-order valence-corrected chi connectivity index (χ0v) is 13.0. The Hall–Kier alpha value is -1.67. The summed E-state index contributed by atoms with van der Waals surface area (Å²) in [5.41, 5.74) is 5.03. The molecule has 0 aliphatic heterocycles. The van der Waals surface area contributed by atoms with Crippen molar-refractivity contribution < 1.29 is 0 Å². The Morgan fingerprint density at radius 3 is 2.80 bits per heavy atom. The van der Waals surface area contributed by atoms with Gasteiger partial charge in [-0.05, 0) is 60.5 Å². The van der Waals surface area contributed by atoms with E-state index in [-0.39, 0.29) is 0 Å². The van der Waals surface area contributed by atoms with E-state index < -0.39 is 0 Å². The van der Waals surface area contributed by atoms with E-state index in [4.69, 9.17) is 4.98 Å². The van der Waals surface area contributed by atoms with Gasteiger partial charge < -0.3 is 0 Å². The van der Waals surface area contributed by atoms with Crippen molar-refractivity contribution in [1.29, 1.82) is 0 Å². The molecule has 1 nitrogen and oxygen atoms in total. The summed E-state index contributed by atoms with van der Waals surface area (Å²) in [7, 11) is 0. The van der Waals surface area contributed by atoms with Gasteiger partial charge in [-0.15, -0.1) is 11.3 Å². The molecule has 102 valence electrons. The Morgan fingerprint density at radius 2 is 2.00 bits per heavy atom. The van der Waals surface area contributed by atoms with Gasteiger partial charge >= 0.3 is 0 Å². The van der Waals surface area contributed by atoms with E-state index in [2.05, 4.69) is 62.5 Å². The molecule has 0 aliphatic carbocycles. The van der Waals surface area contributed by atoms with Crippen molar-refractivity contribution in [3.63, 3.8) is 0 Å². The SMILES string of the molecule is CCC(C)c1cc(C)cc(-c2ccc3ccsc3n2)c1. The van der Waals surface area contributed by atoms with Crippen LogP contribution < -0.4 is 0 Å². The number of fused-ring (bicyclic) bond motifs is 1. The van der Waals surface area contributed by atoms with Crippen molar-refractivity contribution in [3.05, 3.63) is 52.9 Å². The number of benzene rings is 1. The van der Waals surface area contributed by atoms with Crippen LogP contribution in [-0.2, 0) is 0 Å². The first-order valence-electron chi connectivity index (χ1n) is 7.13. The maximum atomic E-state index is 4.79. The van der Waals surface area contributed by atoms with Gasteiger partial charge in [0, 0.05) is 10.9 Å². The van der Waals surface area contributed by atoms with Crippen LogP contribution in [-0.4, -0.2) is 4.98 Å². The van der Waals surface area contributed by atoms with Gasteiger partial charge in [0.05, 0.1) is 5.69 Å². The summed E-state index contributed by atoms with van der Waals surface area (Å²) in [4.78, 5) is 5.91. The van der Waals surface area contributed by atoms with Crippen LogP contribution in [0.1, 0.15) is 37.3 Å². The Labute approximate surface area is 124 Å². The average Bonchev–Trinajstić information content (AvgIpc) is 2.93. The highest BCUT2D eigenvalue weighted by Crippen LogP contribution is 2.28. The molecule has 2 aromatic heterocycles. The Balaban J connectivity index is 2.10. The Kier molecular flexibility index (Phi) is 3.58. The van der Waals surface area contributed by atoms with E-state index in [0.29, 0.717) is 5.92 Å². The zero-order valence-electron chi connectivity index (χ0n) is 12.2. The van der Waals surface area contributed by atoms with Crippen LogP contribution in [0.5, 0.6) is 0 Å². The first kappa shape index (κ1) is 13.3. The van der Waals surface area contributed by atoms with Gasteiger partial charge in [0.2, 0.25) is 0 Å². The minimum Gasteiger partial charge on any atom is -0.237 e. The van der Waals surface area contributed by atoms with Crippen LogP contribution >= 0.6 is 11.3 Å². The summed E-state index contributed by atoms with van der Waals surface area (Å²) in [6.45, 7) is 6.69. The van der Waals surface area contributed by atoms with Crippen molar-refractivity contribution in [2.24, 2.45) is 0 Å². The second-order valence-electron chi connectivity index (χ2n) is 5.45. The molecule has 0 saturated heterocycles. The second kappa shape index (κ2) is 5.37. The second-order valence-corrected chi connectivity index (χ2v) is 6.35. The van der Waals surface area contributed by atoms with Gasteiger partial charge in [-0.1, -0.05) is 25.5 Å². The molecule has 0 amide bonds. The standard InChI is InChI=1S/C18H19NS/c1-4-13(3)15-9-12(2)10-16(11-15)17-6-5-14-7-8-20-18(14)19-17/h5-11,13H,4H2,1-3H3. The predicted molar refractivity (Wildman–Crippen MR) is 88.5 cm³/mol. The summed E-state index contributed by atoms with van der Waals surface area (Å²) in [5, 5.41) is 3.33. The summed E-state index contributed by atoms with van der Waals surface area (Å²) < 4.78 is 0. The van der Waals surface area contributed by atoms with Crippen LogP contribution in [0.25, 0.3) is 21.5 Å². The lowest BCUT2D eigenvalue weighted by Crippen LogP contribution is -1.94. The third-order valence-corrected chi connectivity index (χ3v) is 4.72. The van der Waals surface area contributed by atoms with E-state index in [1.54, 1.807) is 11.3 Å². The molecule has 0 fully saturated rings. The van der Waals surface area contributed by atoms with Crippen LogP contribution in [0.15, 0.2) is 41.8 Å². The van der Waals surface area contributed by atoms with E-state index in [0.717, 1.165) is 10.5 Å². The monoisotopic (exact) mass is 281 g/mol. The van der Waals surface area contributed by atoms with Gasteiger partial charge in [0.25, 0.3) is 0 Å². The maximum absolute atomic E-state index is 4.79. The van der Waals surface area contributed by atoms with E-state index in [1.807, 2.05) is 0 Å². The molecule has 0 saturated carbocycles. The van der Waals surface area contributed by atoms with Gasteiger partial charge in [-0.3, -0.25) is 0 Å². The number of nitrogens with zero attached hydrogens (tertiary/aromatic N) is 1. The predicted octanol–water partition coefficient (Wildman–Crippen LogP) is 5.79. The number of pyridine rings is 1. The molecular formula is C18H19NS. The van der Waals surface area contributed by atoms with Crippen molar-refractivity contribution in [1.82, 2.24) is 4.98 Å². The molecule has 20 heavy (non-hydrogen) atoms. The molecule has 2 heterocycles. The molecule has 3 rings (SSSR count). The van der Waals surface area contributed by atoms with Crippen LogP contribution in [0, 0.1) is 6.92 Å². The molecule has 1 aromatic carbocycles. The minimum atomic E-state index is 0.596. The van der Waals surface area contributed by atoms with Gasteiger partial charge in [-0.2, -0.15) is 0 Å². The molecule has 0 bridgehead atoms. The maximum Gasteiger partial charge on any atom is 0.123 e. The summed E-state index contributed by atoms with van der Waals surface area (Å²) in [5.74, 6) is 0.596. The van der Waals surface area contributed by atoms with Crippen LogP contribution in [0.3, 0.4) is 0 Å². The largest absolute Gasteiger partial charge is 0.237 e. The smallest absolute Gasteiger partial charge is 0.123 e. The number of hydrogen-bond donors (Lipinski definition) is 0. The summed E-state index contributed by atoms with van der Waals surface area (Å²) in [6, 6.07) is 13.2. The number of rotatable bonds is 3. The van der Waals surface area contributed by atoms with E-state index in [9.17, 15) is 0 Å². The van der Waals surface area contributed by atoms with Crippen LogP contribution in [0.2, 0.25) is 0 Å². The lowest BCUT2D eigenvalue weighted by atomic mass is 9.94. The first-order chi connectivity index (χ1) is 9.67. The molecule has 0 spiro atoms. The Bertz CT molecular complexity index is 742. The number of thiophene rings is 1. The molecule has 0 N–H and O–H groups in total. The van der Waals surface area contributed by atoms with Crippen molar-refractivity contribution in [2.45, 2.75) is 33.1 Å². The quantitative estimate of drug-likeness (QED) is 0.592. The molecular weight excluding hydrogens is 262 g/mol. The normalized spacial score (nSPS) is 12.8. The van der Waals surface area contributed by atoms with Gasteiger partial charge in [0.15, 0.2) is 0 Å². The first-order valence-corrected chi connectivity index (χ1v) is 8.01. The van der Waals surface area contributed by atoms with Crippen LogP contribution in [0.4, 0.5) is 0 Å². The average molecular weight is 281 g/mol. The van der Waals surface area contributed by atoms with Gasteiger partial charge in [-0.25, -0.2) is 4.98 Å². The van der Waals surface area contributed by atoms with Gasteiger partial charge in [0.1, 0.15) is 4.83 Å². The fourth-order valence-electron chi connectivity index (χ4n) is 2.49. The minimum absolute atomic E-state index is 0.596. The highest BCUT2D eigenvalue weighted by molar-refractivity contribution is 7.16. The number of aromatic nitrogens is 1. The van der Waals surface area contributed by atoms with Crippen molar-refractivity contribution in [3.8, 4) is 11.3 Å². The number of aryl methyl sites for hydroxylation is 1. The third-order valence-electron chi connectivity index (χ3n) is 3.89. The molecule has 0 aliphatic rings. The molecule has 1 atom stereocenters. The third kappa shape index (κ3) is 2.48. The highest BCUT2D eigenvalue weighted by atomic mass is 32.1. The number of hydrogen-bond acceptors (Lipinski definition) is 2. The van der Waals surface area contributed by atoms with E-state index >= 15 is 0 Å². The summed E-state index contributed by atoms with van der Waals surface area (Å²) in [6.07, 6.45) is 1.17.